The normalized spacial score (nSPS) is 20.3. The number of piperazine rings is 1. The molecule has 0 unspecified atom stereocenters. The van der Waals surface area contributed by atoms with Gasteiger partial charge in [-0.3, -0.25) is 4.90 Å². The topological polar surface area (TPSA) is 49.9 Å². The molecule has 0 atom stereocenters. The minimum absolute atomic E-state index is 0.245. The first-order chi connectivity index (χ1) is 14.7. The van der Waals surface area contributed by atoms with E-state index in [1.807, 2.05) is 39.0 Å². The van der Waals surface area contributed by atoms with E-state index >= 15 is 0 Å². The van der Waals surface area contributed by atoms with Gasteiger partial charge in [-0.15, -0.1) is 0 Å². The van der Waals surface area contributed by atoms with Gasteiger partial charge in [0.15, 0.2) is 0 Å². The summed E-state index contributed by atoms with van der Waals surface area (Å²) >= 11 is 0. The summed E-state index contributed by atoms with van der Waals surface area (Å²) in [6.07, 6.45) is 1.53. The molecule has 31 heavy (non-hydrogen) atoms. The van der Waals surface area contributed by atoms with E-state index in [0.717, 1.165) is 35.1 Å². The summed E-state index contributed by atoms with van der Waals surface area (Å²) in [5, 5.41) is 0. The summed E-state index contributed by atoms with van der Waals surface area (Å²) in [6.45, 7) is 9.02. The van der Waals surface area contributed by atoms with E-state index in [2.05, 4.69) is 4.90 Å². The van der Waals surface area contributed by atoms with Crippen molar-refractivity contribution in [3.63, 3.8) is 0 Å². The molecule has 0 radical (unpaired) electrons. The Kier molecular flexibility index (Phi) is 6.23. The van der Waals surface area contributed by atoms with Crippen molar-refractivity contribution in [3.05, 3.63) is 64.5 Å². The number of rotatable bonds is 4. The van der Waals surface area contributed by atoms with Gasteiger partial charge in [-0.25, -0.2) is 12.8 Å². The van der Waals surface area contributed by atoms with Gasteiger partial charge in [0.1, 0.15) is 5.82 Å². The summed E-state index contributed by atoms with van der Waals surface area (Å²) in [5.41, 5.74) is 3.26. The van der Waals surface area contributed by atoms with E-state index in [1.54, 1.807) is 16.4 Å². The molecular formula is C24H31FN2O3S. The molecule has 2 fully saturated rings. The van der Waals surface area contributed by atoms with Crippen molar-refractivity contribution in [1.82, 2.24) is 9.21 Å². The van der Waals surface area contributed by atoms with Crippen molar-refractivity contribution in [3.8, 4) is 0 Å². The highest BCUT2D eigenvalue weighted by Gasteiger charge is 2.46. The maximum atomic E-state index is 13.7. The van der Waals surface area contributed by atoms with E-state index in [-0.39, 0.29) is 11.4 Å². The van der Waals surface area contributed by atoms with Gasteiger partial charge < -0.3 is 4.74 Å². The Balaban J connectivity index is 1.65. The summed E-state index contributed by atoms with van der Waals surface area (Å²) in [6, 6.07) is 10.5. The number of nitrogens with zero attached hydrogens (tertiary/aromatic N) is 2. The van der Waals surface area contributed by atoms with Crippen LogP contribution in [0.5, 0.6) is 0 Å². The Hall–Kier alpha value is -1.80. The fraction of sp³-hybridized carbons (Fsp3) is 0.500. The fourth-order valence-electron chi connectivity index (χ4n) is 5.21. The smallest absolute Gasteiger partial charge is 0.243 e. The summed E-state index contributed by atoms with van der Waals surface area (Å²) in [5.74, 6) is -0.245. The number of halogens is 1. The van der Waals surface area contributed by atoms with Crippen LogP contribution in [-0.4, -0.2) is 56.0 Å². The molecule has 2 aliphatic heterocycles. The summed E-state index contributed by atoms with van der Waals surface area (Å²) < 4.78 is 48.4. The molecule has 4 rings (SSSR count). The Bertz CT molecular complexity index is 1040. The molecule has 168 valence electrons. The molecule has 0 amide bonds. The number of ether oxygens (including phenoxy) is 1. The molecular weight excluding hydrogens is 415 g/mol. The summed E-state index contributed by atoms with van der Waals surface area (Å²) in [4.78, 5) is 2.77. The highest BCUT2D eigenvalue weighted by molar-refractivity contribution is 7.89. The van der Waals surface area contributed by atoms with Gasteiger partial charge in [0.2, 0.25) is 10.0 Å². The van der Waals surface area contributed by atoms with Crippen LogP contribution in [0.15, 0.2) is 41.3 Å². The second kappa shape index (κ2) is 8.62. The average molecular weight is 447 g/mol. The SMILES string of the molecule is Cc1cc(C)c(S(=O)(=O)N2CCN(Cc3cccc(F)c3)C3(CCOCC3)C2)c(C)c1. The minimum atomic E-state index is -3.61. The molecule has 0 aliphatic carbocycles. The second-order valence-electron chi connectivity index (χ2n) is 8.95. The molecule has 1 spiro atoms. The predicted octanol–water partition coefficient (Wildman–Crippen LogP) is 3.81. The Labute approximate surface area is 184 Å². The first kappa shape index (κ1) is 22.4. The predicted molar refractivity (Wildman–Crippen MR) is 119 cm³/mol. The van der Waals surface area contributed by atoms with Gasteiger partial charge in [-0.2, -0.15) is 4.31 Å². The molecule has 5 nitrogen and oxygen atoms in total. The van der Waals surface area contributed by atoms with Crippen LogP contribution in [0.25, 0.3) is 0 Å². The highest BCUT2D eigenvalue weighted by Crippen LogP contribution is 2.36. The van der Waals surface area contributed by atoms with Gasteiger partial charge >= 0.3 is 0 Å². The lowest BCUT2D eigenvalue weighted by Gasteiger charge is -2.52. The molecule has 0 aromatic heterocycles. The van der Waals surface area contributed by atoms with Crippen LogP contribution in [0.1, 0.15) is 35.1 Å². The standard InChI is InChI=1S/C24H31FN2O3S/c1-18-13-19(2)23(20(3)14-18)31(28,29)27-10-9-26(16-21-5-4-6-22(25)15-21)24(17-27)7-11-30-12-8-24/h4-6,13-15H,7-12,16-17H2,1-3H3. The molecule has 2 aliphatic rings. The van der Waals surface area contributed by atoms with Crippen molar-refractivity contribution in [1.29, 1.82) is 0 Å². The Morgan fingerprint density at radius 3 is 2.35 bits per heavy atom. The average Bonchev–Trinajstić information content (AvgIpc) is 2.69. The van der Waals surface area contributed by atoms with E-state index in [0.29, 0.717) is 44.3 Å². The maximum absolute atomic E-state index is 13.7. The zero-order valence-electron chi connectivity index (χ0n) is 18.5. The second-order valence-corrected chi connectivity index (χ2v) is 10.8. The fourth-order valence-corrected chi connectivity index (χ4v) is 7.13. The number of aryl methyl sites for hydroxylation is 3. The lowest BCUT2D eigenvalue weighted by atomic mass is 9.86. The van der Waals surface area contributed by atoms with Crippen molar-refractivity contribution in [2.45, 2.75) is 50.6 Å². The zero-order chi connectivity index (χ0) is 22.2. The largest absolute Gasteiger partial charge is 0.381 e. The lowest BCUT2D eigenvalue weighted by Crippen LogP contribution is -2.64. The third-order valence-corrected chi connectivity index (χ3v) is 8.80. The van der Waals surface area contributed by atoms with E-state index in [1.165, 1.54) is 6.07 Å². The number of hydrogen-bond donors (Lipinski definition) is 0. The monoisotopic (exact) mass is 446 g/mol. The van der Waals surface area contributed by atoms with Crippen molar-refractivity contribution < 1.29 is 17.5 Å². The van der Waals surface area contributed by atoms with Gasteiger partial charge in [-0.1, -0.05) is 29.8 Å². The minimum Gasteiger partial charge on any atom is -0.381 e. The molecule has 2 aromatic carbocycles. The van der Waals surface area contributed by atoms with Crippen LogP contribution < -0.4 is 0 Å². The molecule has 2 heterocycles. The molecule has 0 saturated carbocycles. The van der Waals surface area contributed by atoms with E-state index in [9.17, 15) is 12.8 Å². The molecule has 0 bridgehead atoms. The maximum Gasteiger partial charge on any atom is 0.243 e. The van der Waals surface area contributed by atoms with Gasteiger partial charge in [0.25, 0.3) is 0 Å². The third kappa shape index (κ3) is 4.42. The first-order valence-electron chi connectivity index (χ1n) is 10.9. The van der Waals surface area contributed by atoms with Gasteiger partial charge in [0.05, 0.1) is 4.90 Å². The Morgan fingerprint density at radius 2 is 1.71 bits per heavy atom. The molecule has 2 saturated heterocycles. The molecule has 0 N–H and O–H groups in total. The van der Waals surface area contributed by atoms with Gasteiger partial charge in [-0.05, 0) is 62.4 Å². The van der Waals surface area contributed by atoms with Crippen LogP contribution in [0.2, 0.25) is 0 Å². The lowest BCUT2D eigenvalue weighted by molar-refractivity contribution is -0.0608. The Morgan fingerprint density at radius 1 is 1.03 bits per heavy atom. The summed E-state index contributed by atoms with van der Waals surface area (Å²) in [7, 11) is -3.61. The van der Waals surface area contributed by atoms with Crippen LogP contribution >= 0.6 is 0 Å². The van der Waals surface area contributed by atoms with Crippen LogP contribution in [0, 0.1) is 26.6 Å². The quantitative estimate of drug-likeness (QED) is 0.717. The number of sulfonamides is 1. The highest BCUT2D eigenvalue weighted by atomic mass is 32.2. The first-order valence-corrected chi connectivity index (χ1v) is 12.3. The number of benzene rings is 2. The third-order valence-electron chi connectivity index (χ3n) is 6.65. The van der Waals surface area contributed by atoms with Crippen LogP contribution in [-0.2, 0) is 21.3 Å². The van der Waals surface area contributed by atoms with Crippen LogP contribution in [0.4, 0.5) is 4.39 Å². The van der Waals surface area contributed by atoms with Crippen molar-refractivity contribution >= 4 is 10.0 Å². The number of hydrogen-bond acceptors (Lipinski definition) is 4. The molecule has 7 heteroatoms. The van der Waals surface area contributed by atoms with Gasteiger partial charge in [0, 0.05) is 44.9 Å². The van der Waals surface area contributed by atoms with Crippen LogP contribution in [0.3, 0.4) is 0 Å². The zero-order valence-corrected chi connectivity index (χ0v) is 19.3. The molecule has 2 aromatic rings. The van der Waals surface area contributed by atoms with Crippen molar-refractivity contribution in [2.75, 3.05) is 32.8 Å². The van der Waals surface area contributed by atoms with Crippen molar-refractivity contribution in [2.24, 2.45) is 0 Å². The van der Waals surface area contributed by atoms with E-state index in [4.69, 9.17) is 4.74 Å². The van der Waals surface area contributed by atoms with E-state index < -0.39 is 10.0 Å².